The Bertz CT molecular complexity index is 734. The third-order valence-corrected chi connectivity index (χ3v) is 3.73. The van der Waals surface area contributed by atoms with Crippen LogP contribution in [0.2, 0.25) is 0 Å². The van der Waals surface area contributed by atoms with Crippen LogP contribution in [0.1, 0.15) is 23.3 Å². The van der Waals surface area contributed by atoms with Gasteiger partial charge in [0, 0.05) is 31.1 Å². The van der Waals surface area contributed by atoms with Crippen LogP contribution < -0.4 is 10.6 Å². The highest BCUT2D eigenvalue weighted by Gasteiger charge is 2.16. The van der Waals surface area contributed by atoms with Gasteiger partial charge in [-0.25, -0.2) is 8.78 Å². The van der Waals surface area contributed by atoms with Gasteiger partial charge in [0.1, 0.15) is 17.3 Å². The molecule has 2 heterocycles. The fourth-order valence-corrected chi connectivity index (χ4v) is 2.48. The molecule has 0 aliphatic carbocycles. The van der Waals surface area contributed by atoms with E-state index in [0.717, 1.165) is 31.2 Å². The average molecular weight is 333 g/mol. The molecule has 24 heavy (non-hydrogen) atoms. The molecule has 0 bridgehead atoms. The topological polar surface area (TPSA) is 63.2 Å². The van der Waals surface area contributed by atoms with Gasteiger partial charge in [-0.2, -0.15) is 0 Å². The van der Waals surface area contributed by atoms with E-state index in [0.29, 0.717) is 12.6 Å². The van der Waals surface area contributed by atoms with E-state index in [-0.39, 0.29) is 17.5 Å². The van der Waals surface area contributed by atoms with Crippen LogP contribution >= 0.6 is 0 Å². The van der Waals surface area contributed by atoms with Gasteiger partial charge in [-0.15, -0.1) is 0 Å². The van der Waals surface area contributed by atoms with Crippen molar-refractivity contribution in [2.75, 3.05) is 23.8 Å². The molecule has 1 fully saturated rings. The van der Waals surface area contributed by atoms with Crippen LogP contribution in [-0.2, 0) is 4.74 Å². The summed E-state index contributed by atoms with van der Waals surface area (Å²) in [7, 11) is 0. The highest BCUT2D eigenvalue weighted by Crippen LogP contribution is 2.17. The van der Waals surface area contributed by atoms with Crippen molar-refractivity contribution in [2.45, 2.75) is 18.9 Å². The molecular formula is C17H17F2N3O2. The largest absolute Gasteiger partial charge is 0.382 e. The molecule has 5 nitrogen and oxygen atoms in total. The molecule has 1 aliphatic heterocycles. The second-order valence-corrected chi connectivity index (χ2v) is 5.52. The van der Waals surface area contributed by atoms with Gasteiger partial charge in [-0.1, -0.05) is 0 Å². The predicted octanol–water partition coefficient (Wildman–Crippen LogP) is 3.20. The van der Waals surface area contributed by atoms with E-state index in [4.69, 9.17) is 4.74 Å². The van der Waals surface area contributed by atoms with Crippen molar-refractivity contribution in [1.29, 1.82) is 0 Å². The number of pyridine rings is 1. The summed E-state index contributed by atoms with van der Waals surface area (Å²) >= 11 is 0. The van der Waals surface area contributed by atoms with E-state index in [1.807, 2.05) is 0 Å². The van der Waals surface area contributed by atoms with Gasteiger partial charge in [0.25, 0.3) is 5.91 Å². The van der Waals surface area contributed by atoms with Crippen molar-refractivity contribution in [2.24, 2.45) is 0 Å². The number of rotatable bonds is 5. The lowest BCUT2D eigenvalue weighted by Gasteiger charge is -2.12. The Morgan fingerprint density at radius 1 is 1.29 bits per heavy atom. The maximum absolute atomic E-state index is 13.6. The molecule has 126 valence electrons. The Hall–Kier alpha value is -2.54. The molecule has 2 aromatic rings. The van der Waals surface area contributed by atoms with Crippen molar-refractivity contribution in [3.8, 4) is 0 Å². The lowest BCUT2D eigenvalue weighted by Crippen LogP contribution is -2.19. The fraction of sp³-hybridized carbons (Fsp3) is 0.294. The summed E-state index contributed by atoms with van der Waals surface area (Å²) in [4.78, 5) is 16.2. The van der Waals surface area contributed by atoms with E-state index in [9.17, 15) is 13.6 Å². The number of nitrogens with one attached hydrogen (secondary N) is 2. The number of hydrogen-bond donors (Lipinski definition) is 2. The molecule has 1 aliphatic rings. The van der Waals surface area contributed by atoms with E-state index < -0.39 is 17.5 Å². The number of hydrogen-bond acceptors (Lipinski definition) is 4. The number of anilines is 2. The Kier molecular flexibility index (Phi) is 5.00. The van der Waals surface area contributed by atoms with E-state index >= 15 is 0 Å². The summed E-state index contributed by atoms with van der Waals surface area (Å²) in [5.41, 5.74) is 0.766. The number of carbonyl (C=O) groups is 1. The Morgan fingerprint density at radius 3 is 2.92 bits per heavy atom. The monoisotopic (exact) mass is 333 g/mol. The molecule has 1 unspecified atom stereocenters. The van der Waals surface area contributed by atoms with Gasteiger partial charge in [0.15, 0.2) is 0 Å². The SMILES string of the molecule is O=C(Nc1ccc(F)cc1F)c1cc(NCC2CCCO2)ccn1. The minimum absolute atomic E-state index is 0.0964. The second-order valence-electron chi connectivity index (χ2n) is 5.52. The lowest BCUT2D eigenvalue weighted by atomic mass is 10.2. The van der Waals surface area contributed by atoms with E-state index in [2.05, 4.69) is 15.6 Å². The standard InChI is InChI=1S/C17H17F2N3O2/c18-11-3-4-15(14(19)8-11)22-17(23)16-9-12(5-6-20-16)21-10-13-2-1-7-24-13/h3-6,8-9,13H,1-2,7,10H2,(H,20,21)(H,22,23). The number of amides is 1. The molecule has 0 radical (unpaired) electrons. The molecule has 2 N–H and O–H groups in total. The van der Waals surface area contributed by atoms with Crippen LogP contribution in [0.25, 0.3) is 0 Å². The Morgan fingerprint density at radius 2 is 2.17 bits per heavy atom. The molecule has 0 spiro atoms. The average Bonchev–Trinajstić information content (AvgIpc) is 3.09. The van der Waals surface area contributed by atoms with Crippen molar-refractivity contribution in [3.05, 3.63) is 53.9 Å². The van der Waals surface area contributed by atoms with Crippen molar-refractivity contribution < 1.29 is 18.3 Å². The van der Waals surface area contributed by atoms with Crippen LogP contribution in [0.4, 0.5) is 20.2 Å². The molecule has 1 saturated heterocycles. The molecular weight excluding hydrogens is 316 g/mol. The number of benzene rings is 1. The first kappa shape index (κ1) is 16.3. The molecule has 7 heteroatoms. The first-order valence-corrected chi connectivity index (χ1v) is 7.70. The van der Waals surface area contributed by atoms with Gasteiger partial charge in [0.05, 0.1) is 11.8 Å². The quantitative estimate of drug-likeness (QED) is 0.882. The zero-order valence-electron chi connectivity index (χ0n) is 12.9. The predicted molar refractivity (Wildman–Crippen MR) is 86.0 cm³/mol. The second kappa shape index (κ2) is 7.35. The highest BCUT2D eigenvalue weighted by molar-refractivity contribution is 6.03. The van der Waals surface area contributed by atoms with Crippen molar-refractivity contribution >= 4 is 17.3 Å². The van der Waals surface area contributed by atoms with Gasteiger partial charge >= 0.3 is 0 Å². The number of nitrogens with zero attached hydrogens (tertiary/aromatic N) is 1. The summed E-state index contributed by atoms with van der Waals surface area (Å²) in [5, 5.41) is 5.58. The zero-order chi connectivity index (χ0) is 16.9. The van der Waals surface area contributed by atoms with Crippen LogP contribution in [0.15, 0.2) is 36.5 Å². The van der Waals surface area contributed by atoms with E-state index in [1.54, 1.807) is 12.1 Å². The zero-order valence-corrected chi connectivity index (χ0v) is 12.9. The van der Waals surface area contributed by atoms with Gasteiger partial charge in [0.2, 0.25) is 0 Å². The third-order valence-electron chi connectivity index (χ3n) is 3.73. The van der Waals surface area contributed by atoms with Crippen molar-refractivity contribution in [3.63, 3.8) is 0 Å². The minimum Gasteiger partial charge on any atom is -0.382 e. The van der Waals surface area contributed by atoms with Gasteiger partial charge < -0.3 is 15.4 Å². The maximum Gasteiger partial charge on any atom is 0.274 e. The smallest absolute Gasteiger partial charge is 0.274 e. The molecule has 1 amide bonds. The number of aromatic nitrogens is 1. The number of halogens is 2. The number of ether oxygens (including phenoxy) is 1. The summed E-state index contributed by atoms with van der Waals surface area (Å²) in [6, 6.07) is 6.27. The Balaban J connectivity index is 1.65. The molecule has 1 aromatic carbocycles. The normalized spacial score (nSPS) is 16.8. The van der Waals surface area contributed by atoms with Crippen LogP contribution in [0, 0.1) is 11.6 Å². The van der Waals surface area contributed by atoms with Crippen LogP contribution in [0.5, 0.6) is 0 Å². The summed E-state index contributed by atoms with van der Waals surface area (Å²) in [5.74, 6) is -2.11. The summed E-state index contributed by atoms with van der Waals surface area (Å²) in [6.07, 6.45) is 3.73. The summed E-state index contributed by atoms with van der Waals surface area (Å²) in [6.45, 7) is 1.43. The third kappa shape index (κ3) is 4.05. The van der Waals surface area contributed by atoms with Crippen molar-refractivity contribution in [1.82, 2.24) is 4.98 Å². The van der Waals surface area contributed by atoms with Crippen LogP contribution in [-0.4, -0.2) is 30.1 Å². The highest BCUT2D eigenvalue weighted by atomic mass is 19.1. The van der Waals surface area contributed by atoms with E-state index in [1.165, 1.54) is 12.3 Å². The summed E-state index contributed by atoms with van der Waals surface area (Å²) < 4.78 is 32.0. The number of carbonyl (C=O) groups excluding carboxylic acids is 1. The van der Waals surface area contributed by atoms with Crippen LogP contribution in [0.3, 0.4) is 0 Å². The minimum atomic E-state index is -0.837. The molecule has 0 saturated carbocycles. The molecule has 1 atom stereocenters. The van der Waals surface area contributed by atoms with Gasteiger partial charge in [-0.05, 0) is 37.1 Å². The Labute approximate surface area is 138 Å². The molecule has 3 rings (SSSR count). The first-order chi connectivity index (χ1) is 11.6. The fourth-order valence-electron chi connectivity index (χ4n) is 2.48. The maximum atomic E-state index is 13.6. The van der Waals surface area contributed by atoms with Gasteiger partial charge in [-0.3, -0.25) is 9.78 Å². The molecule has 1 aromatic heterocycles. The first-order valence-electron chi connectivity index (χ1n) is 7.70. The lowest BCUT2D eigenvalue weighted by molar-refractivity contribution is 0.102.